The zero-order valence-corrected chi connectivity index (χ0v) is 14.4. The van der Waals surface area contributed by atoms with Gasteiger partial charge in [0.2, 0.25) is 0 Å². The lowest BCUT2D eigenvalue weighted by atomic mass is 9.83. The zero-order chi connectivity index (χ0) is 14.7. The lowest BCUT2D eigenvalue weighted by molar-refractivity contribution is 0.294. The second-order valence-electron chi connectivity index (χ2n) is 5.80. The van der Waals surface area contributed by atoms with Crippen molar-refractivity contribution in [1.29, 1.82) is 0 Å². The summed E-state index contributed by atoms with van der Waals surface area (Å²) in [7, 11) is -3.10. The number of hydrogen-bond donors (Lipinski definition) is 1. The molecular weight excluding hydrogens is 296 g/mol. The molecule has 0 amide bonds. The molecule has 2 nitrogen and oxygen atoms in total. The van der Waals surface area contributed by atoms with Crippen LogP contribution in [0.4, 0.5) is 0 Å². The molecule has 0 aliphatic heterocycles. The van der Waals surface area contributed by atoms with E-state index < -0.39 is 9.84 Å². The van der Waals surface area contributed by atoms with Gasteiger partial charge in [-0.2, -0.15) is 12.6 Å². The van der Waals surface area contributed by atoms with Crippen molar-refractivity contribution >= 4 is 34.2 Å². The molecule has 0 aliphatic rings. The molecule has 108 valence electrons. The van der Waals surface area contributed by atoms with Crippen molar-refractivity contribution in [3.63, 3.8) is 0 Å². The van der Waals surface area contributed by atoms with E-state index in [1.165, 1.54) is 6.26 Å². The van der Waals surface area contributed by atoms with Crippen molar-refractivity contribution in [2.24, 2.45) is 11.3 Å². The number of rotatable bonds is 5. The largest absolute Gasteiger partial charge is 0.224 e. The molecule has 0 radical (unpaired) electrons. The van der Waals surface area contributed by atoms with Gasteiger partial charge < -0.3 is 0 Å². The Morgan fingerprint density at radius 3 is 2.11 bits per heavy atom. The van der Waals surface area contributed by atoms with Crippen LogP contribution in [0.3, 0.4) is 0 Å². The first-order chi connectivity index (χ1) is 8.64. The average Bonchev–Trinajstić information content (AvgIpc) is 2.27. The SMILES string of the molecule is CC(C)(C)C(CS)CSc1ccc(S(C)(=O)=O)cc1. The molecule has 1 rings (SSSR count). The predicted octanol–water partition coefficient (Wildman–Crippen LogP) is 3.77. The minimum atomic E-state index is -3.10. The fourth-order valence-corrected chi connectivity index (χ4v) is 4.38. The lowest BCUT2D eigenvalue weighted by Crippen LogP contribution is -2.24. The van der Waals surface area contributed by atoms with E-state index in [0.717, 1.165) is 16.4 Å². The van der Waals surface area contributed by atoms with Gasteiger partial charge in [0.05, 0.1) is 4.90 Å². The molecule has 0 saturated heterocycles. The predicted molar refractivity (Wildman–Crippen MR) is 87.1 cm³/mol. The summed E-state index contributed by atoms with van der Waals surface area (Å²) in [6, 6.07) is 7.09. The first-order valence-electron chi connectivity index (χ1n) is 6.18. The smallest absolute Gasteiger partial charge is 0.175 e. The van der Waals surface area contributed by atoms with E-state index in [-0.39, 0.29) is 5.41 Å². The summed E-state index contributed by atoms with van der Waals surface area (Å²) >= 11 is 6.17. The molecule has 1 aromatic rings. The molecule has 1 unspecified atom stereocenters. The summed E-state index contributed by atoms with van der Waals surface area (Å²) in [6.45, 7) is 6.67. The van der Waals surface area contributed by atoms with Gasteiger partial charge in [0.25, 0.3) is 0 Å². The van der Waals surface area contributed by atoms with Crippen molar-refractivity contribution in [3.8, 4) is 0 Å². The van der Waals surface area contributed by atoms with Crippen LogP contribution in [-0.2, 0) is 9.84 Å². The van der Waals surface area contributed by atoms with Gasteiger partial charge in [-0.3, -0.25) is 0 Å². The van der Waals surface area contributed by atoms with Gasteiger partial charge in [0.1, 0.15) is 0 Å². The minimum Gasteiger partial charge on any atom is -0.224 e. The van der Waals surface area contributed by atoms with E-state index in [9.17, 15) is 8.42 Å². The van der Waals surface area contributed by atoms with Crippen LogP contribution >= 0.6 is 24.4 Å². The van der Waals surface area contributed by atoms with Crippen molar-refractivity contribution < 1.29 is 8.42 Å². The first kappa shape index (κ1) is 16.9. The third kappa shape index (κ3) is 5.40. The van der Waals surface area contributed by atoms with Crippen LogP contribution < -0.4 is 0 Å². The molecule has 0 aromatic heterocycles. The molecule has 1 atom stereocenters. The van der Waals surface area contributed by atoms with E-state index >= 15 is 0 Å². The van der Waals surface area contributed by atoms with Crippen molar-refractivity contribution in [1.82, 2.24) is 0 Å². The van der Waals surface area contributed by atoms with Crippen molar-refractivity contribution in [2.75, 3.05) is 17.8 Å². The highest BCUT2D eigenvalue weighted by atomic mass is 32.2. The standard InChI is InChI=1S/C14H22O2S3/c1-14(2,3)11(9-17)10-18-12-5-7-13(8-6-12)19(4,15)16/h5-8,11,17H,9-10H2,1-4H3. The van der Waals surface area contributed by atoms with Crippen molar-refractivity contribution in [2.45, 2.75) is 30.6 Å². The Morgan fingerprint density at radius 1 is 1.21 bits per heavy atom. The Morgan fingerprint density at radius 2 is 1.74 bits per heavy atom. The Hall–Kier alpha value is -0.130. The van der Waals surface area contributed by atoms with E-state index in [4.69, 9.17) is 0 Å². The number of hydrogen-bond acceptors (Lipinski definition) is 4. The average molecular weight is 319 g/mol. The van der Waals surface area contributed by atoms with Gasteiger partial charge in [-0.05, 0) is 41.4 Å². The molecule has 0 bridgehead atoms. The highest BCUT2D eigenvalue weighted by Gasteiger charge is 2.23. The molecule has 0 saturated carbocycles. The normalized spacial score (nSPS) is 14.4. The molecule has 1 aromatic carbocycles. The van der Waals surface area contributed by atoms with Crippen LogP contribution in [-0.4, -0.2) is 26.2 Å². The molecule has 0 N–H and O–H groups in total. The number of thiol groups is 1. The topological polar surface area (TPSA) is 34.1 Å². The summed E-state index contributed by atoms with van der Waals surface area (Å²) in [5.74, 6) is 2.37. The van der Waals surface area contributed by atoms with Crippen LogP contribution in [0.25, 0.3) is 0 Å². The molecule has 19 heavy (non-hydrogen) atoms. The van der Waals surface area contributed by atoms with Crippen LogP contribution in [0.1, 0.15) is 20.8 Å². The summed E-state index contributed by atoms with van der Waals surface area (Å²) in [6.07, 6.45) is 1.23. The maximum Gasteiger partial charge on any atom is 0.175 e. The van der Waals surface area contributed by atoms with E-state index in [0.29, 0.717) is 10.8 Å². The molecule has 0 heterocycles. The van der Waals surface area contributed by atoms with Crippen LogP contribution in [0.15, 0.2) is 34.1 Å². The zero-order valence-electron chi connectivity index (χ0n) is 11.9. The Kier molecular flexibility index (Phi) is 5.83. The van der Waals surface area contributed by atoms with Crippen LogP contribution in [0, 0.1) is 11.3 Å². The monoisotopic (exact) mass is 318 g/mol. The molecular formula is C14H22O2S3. The van der Waals surface area contributed by atoms with E-state index in [1.54, 1.807) is 23.9 Å². The highest BCUT2D eigenvalue weighted by Crippen LogP contribution is 2.32. The molecule has 0 fully saturated rings. The van der Waals surface area contributed by atoms with E-state index in [2.05, 4.69) is 33.4 Å². The molecule has 0 spiro atoms. The number of benzene rings is 1. The fourth-order valence-electron chi connectivity index (χ4n) is 1.56. The van der Waals surface area contributed by atoms with Crippen LogP contribution in [0.5, 0.6) is 0 Å². The maximum atomic E-state index is 11.4. The first-order valence-corrected chi connectivity index (χ1v) is 9.69. The molecule has 5 heteroatoms. The van der Waals surface area contributed by atoms with Gasteiger partial charge in [-0.15, -0.1) is 11.8 Å². The van der Waals surface area contributed by atoms with Gasteiger partial charge in [-0.1, -0.05) is 20.8 Å². The summed E-state index contributed by atoms with van der Waals surface area (Å²) in [5.41, 5.74) is 0.238. The van der Waals surface area contributed by atoms with Crippen LogP contribution in [0.2, 0.25) is 0 Å². The Bertz CT molecular complexity index is 498. The van der Waals surface area contributed by atoms with Gasteiger partial charge >= 0.3 is 0 Å². The second kappa shape index (κ2) is 6.55. The third-order valence-corrected chi connectivity index (χ3v) is 5.89. The maximum absolute atomic E-state index is 11.4. The van der Waals surface area contributed by atoms with Gasteiger partial charge in [0.15, 0.2) is 9.84 Å². The number of sulfone groups is 1. The Labute approximate surface area is 126 Å². The summed E-state index contributed by atoms with van der Waals surface area (Å²) in [4.78, 5) is 1.47. The fraction of sp³-hybridized carbons (Fsp3) is 0.571. The number of thioether (sulfide) groups is 1. The summed E-state index contributed by atoms with van der Waals surface area (Å²) in [5, 5.41) is 0. The summed E-state index contributed by atoms with van der Waals surface area (Å²) < 4.78 is 22.7. The molecule has 0 aliphatic carbocycles. The van der Waals surface area contributed by atoms with Gasteiger partial charge in [0, 0.05) is 16.9 Å². The second-order valence-corrected chi connectivity index (χ2v) is 9.27. The Balaban J connectivity index is 2.69. The quantitative estimate of drug-likeness (QED) is 0.663. The minimum absolute atomic E-state index is 0.238. The highest BCUT2D eigenvalue weighted by molar-refractivity contribution is 7.99. The van der Waals surface area contributed by atoms with Crippen molar-refractivity contribution in [3.05, 3.63) is 24.3 Å². The van der Waals surface area contributed by atoms with E-state index in [1.807, 2.05) is 12.1 Å². The van der Waals surface area contributed by atoms with Gasteiger partial charge in [-0.25, -0.2) is 8.42 Å². The third-order valence-electron chi connectivity index (χ3n) is 3.15. The lowest BCUT2D eigenvalue weighted by Gasteiger charge is -2.29.